The quantitative estimate of drug-likeness (QED) is 0.864. The second kappa shape index (κ2) is 7.09. The van der Waals surface area contributed by atoms with Crippen LogP contribution in [0.4, 0.5) is 0 Å². The standard InChI is InChI=1S/C17H24N2O/c1-13(2)17(3,4)12-19-16(20)15(11-18)10-14-8-6-5-7-9-14/h5-9,13,15H,10,12H2,1-4H3,(H,19,20). The Morgan fingerprint density at radius 2 is 1.90 bits per heavy atom. The minimum Gasteiger partial charge on any atom is -0.354 e. The summed E-state index contributed by atoms with van der Waals surface area (Å²) in [5.74, 6) is -0.331. The van der Waals surface area contributed by atoms with Gasteiger partial charge >= 0.3 is 0 Å². The van der Waals surface area contributed by atoms with Gasteiger partial charge in [-0.2, -0.15) is 5.26 Å². The van der Waals surface area contributed by atoms with Crippen LogP contribution in [0.15, 0.2) is 30.3 Å². The molecule has 1 aromatic carbocycles. The van der Waals surface area contributed by atoms with Crippen LogP contribution in [-0.2, 0) is 11.2 Å². The minimum absolute atomic E-state index is 0.0302. The molecule has 1 rings (SSSR count). The Labute approximate surface area is 122 Å². The van der Waals surface area contributed by atoms with Crippen LogP contribution in [-0.4, -0.2) is 12.5 Å². The Morgan fingerprint density at radius 3 is 2.40 bits per heavy atom. The van der Waals surface area contributed by atoms with Crippen LogP contribution in [0, 0.1) is 28.6 Å². The first-order valence-corrected chi connectivity index (χ1v) is 7.08. The normalized spacial score (nSPS) is 12.8. The summed E-state index contributed by atoms with van der Waals surface area (Å²) in [5.41, 5.74) is 1.04. The highest BCUT2D eigenvalue weighted by Gasteiger charge is 2.25. The van der Waals surface area contributed by atoms with E-state index in [0.717, 1.165) is 5.56 Å². The molecule has 0 aliphatic rings. The third-order valence-corrected chi connectivity index (χ3v) is 4.04. The van der Waals surface area contributed by atoms with E-state index in [0.29, 0.717) is 18.9 Å². The maximum atomic E-state index is 12.1. The average Bonchev–Trinajstić information content (AvgIpc) is 2.43. The number of hydrogen-bond acceptors (Lipinski definition) is 2. The Bertz CT molecular complexity index is 472. The Balaban J connectivity index is 2.59. The van der Waals surface area contributed by atoms with E-state index in [1.54, 1.807) is 0 Å². The lowest BCUT2D eigenvalue weighted by Gasteiger charge is -2.29. The molecule has 0 fully saturated rings. The molecule has 3 nitrogen and oxygen atoms in total. The van der Waals surface area contributed by atoms with Crippen molar-refractivity contribution < 1.29 is 4.79 Å². The van der Waals surface area contributed by atoms with Gasteiger partial charge in [-0.25, -0.2) is 0 Å². The van der Waals surface area contributed by atoms with E-state index in [1.165, 1.54) is 0 Å². The maximum Gasteiger partial charge on any atom is 0.237 e. The first-order valence-electron chi connectivity index (χ1n) is 7.08. The Morgan fingerprint density at radius 1 is 1.30 bits per heavy atom. The van der Waals surface area contributed by atoms with E-state index in [1.807, 2.05) is 30.3 Å². The van der Waals surface area contributed by atoms with Crippen LogP contribution in [0.3, 0.4) is 0 Å². The first-order chi connectivity index (χ1) is 9.36. The van der Waals surface area contributed by atoms with E-state index in [2.05, 4.69) is 39.1 Å². The summed E-state index contributed by atoms with van der Waals surface area (Å²) in [4.78, 5) is 12.1. The Hall–Kier alpha value is -1.82. The van der Waals surface area contributed by atoms with Crippen LogP contribution in [0.5, 0.6) is 0 Å². The van der Waals surface area contributed by atoms with E-state index in [9.17, 15) is 10.1 Å². The van der Waals surface area contributed by atoms with Gasteiger partial charge in [-0.1, -0.05) is 58.0 Å². The highest BCUT2D eigenvalue weighted by molar-refractivity contribution is 5.81. The van der Waals surface area contributed by atoms with Crippen molar-refractivity contribution >= 4 is 5.91 Å². The van der Waals surface area contributed by atoms with Gasteiger partial charge < -0.3 is 5.32 Å². The lowest BCUT2D eigenvalue weighted by Crippen LogP contribution is -2.40. The number of carbonyl (C=O) groups is 1. The highest BCUT2D eigenvalue weighted by Crippen LogP contribution is 2.24. The van der Waals surface area contributed by atoms with Crippen LogP contribution in [0.25, 0.3) is 0 Å². The lowest BCUT2D eigenvalue weighted by atomic mass is 9.81. The van der Waals surface area contributed by atoms with Crippen molar-refractivity contribution in [2.24, 2.45) is 17.3 Å². The molecular weight excluding hydrogens is 248 g/mol. The van der Waals surface area contributed by atoms with Gasteiger partial charge in [-0.3, -0.25) is 4.79 Å². The molecule has 0 saturated heterocycles. The predicted octanol–water partition coefficient (Wildman–Crippen LogP) is 3.17. The van der Waals surface area contributed by atoms with E-state index in [-0.39, 0.29) is 11.3 Å². The molecule has 1 N–H and O–H groups in total. The third kappa shape index (κ3) is 4.70. The summed E-state index contributed by atoms with van der Waals surface area (Å²) in [7, 11) is 0. The zero-order valence-corrected chi connectivity index (χ0v) is 12.8. The molecule has 1 atom stereocenters. The summed E-state index contributed by atoms with van der Waals surface area (Å²) in [6.45, 7) is 9.11. The van der Waals surface area contributed by atoms with Gasteiger partial charge in [0.1, 0.15) is 5.92 Å². The van der Waals surface area contributed by atoms with Crippen LogP contribution in [0.2, 0.25) is 0 Å². The average molecular weight is 272 g/mol. The second-order valence-electron chi connectivity index (χ2n) is 6.23. The van der Waals surface area contributed by atoms with Crippen molar-refractivity contribution in [2.45, 2.75) is 34.1 Å². The van der Waals surface area contributed by atoms with Gasteiger partial charge in [0.2, 0.25) is 5.91 Å². The van der Waals surface area contributed by atoms with Gasteiger partial charge in [-0.15, -0.1) is 0 Å². The molecule has 1 amide bonds. The van der Waals surface area contributed by atoms with E-state index < -0.39 is 5.92 Å². The van der Waals surface area contributed by atoms with Gasteiger partial charge in [-0.05, 0) is 23.3 Å². The summed E-state index contributed by atoms with van der Waals surface area (Å²) in [6, 6.07) is 11.8. The molecule has 3 heteroatoms. The summed E-state index contributed by atoms with van der Waals surface area (Å²) >= 11 is 0. The fourth-order valence-corrected chi connectivity index (χ4v) is 1.69. The lowest BCUT2D eigenvalue weighted by molar-refractivity contribution is -0.123. The zero-order valence-electron chi connectivity index (χ0n) is 12.8. The molecule has 0 saturated carbocycles. The van der Waals surface area contributed by atoms with E-state index in [4.69, 9.17) is 0 Å². The summed E-state index contributed by atoms with van der Waals surface area (Å²) in [5, 5.41) is 12.1. The predicted molar refractivity (Wildman–Crippen MR) is 80.9 cm³/mol. The van der Waals surface area contributed by atoms with Crippen LogP contribution < -0.4 is 5.32 Å². The summed E-state index contributed by atoms with van der Waals surface area (Å²) in [6.07, 6.45) is 0.464. The molecule has 0 bridgehead atoms. The molecule has 0 aromatic heterocycles. The topological polar surface area (TPSA) is 52.9 Å². The summed E-state index contributed by atoms with van der Waals surface area (Å²) < 4.78 is 0. The number of amides is 1. The number of nitriles is 1. The molecule has 1 unspecified atom stereocenters. The fraction of sp³-hybridized carbons (Fsp3) is 0.529. The van der Waals surface area contributed by atoms with Gasteiger partial charge in [0.15, 0.2) is 0 Å². The number of nitrogens with zero attached hydrogens (tertiary/aromatic N) is 1. The molecule has 20 heavy (non-hydrogen) atoms. The molecule has 0 radical (unpaired) electrons. The van der Waals surface area contributed by atoms with Crippen LogP contribution in [0.1, 0.15) is 33.3 Å². The number of nitrogens with one attached hydrogen (secondary N) is 1. The smallest absolute Gasteiger partial charge is 0.237 e. The van der Waals surface area contributed by atoms with Gasteiger partial charge in [0.05, 0.1) is 6.07 Å². The van der Waals surface area contributed by atoms with Crippen LogP contribution >= 0.6 is 0 Å². The molecule has 0 spiro atoms. The Kier molecular flexibility index (Phi) is 5.76. The minimum atomic E-state index is -0.625. The molecular formula is C17H24N2O. The number of hydrogen-bond donors (Lipinski definition) is 1. The zero-order chi connectivity index (χ0) is 15.2. The van der Waals surface area contributed by atoms with Crippen molar-refractivity contribution in [1.82, 2.24) is 5.32 Å². The second-order valence-corrected chi connectivity index (χ2v) is 6.23. The van der Waals surface area contributed by atoms with Gasteiger partial charge in [0, 0.05) is 6.54 Å². The molecule has 0 aliphatic carbocycles. The van der Waals surface area contributed by atoms with Crippen molar-refractivity contribution in [2.75, 3.05) is 6.54 Å². The molecule has 1 aromatic rings. The number of rotatable bonds is 6. The van der Waals surface area contributed by atoms with Crippen molar-refractivity contribution in [3.05, 3.63) is 35.9 Å². The first kappa shape index (κ1) is 16.2. The largest absolute Gasteiger partial charge is 0.354 e. The monoisotopic (exact) mass is 272 g/mol. The van der Waals surface area contributed by atoms with Crippen molar-refractivity contribution in [1.29, 1.82) is 5.26 Å². The van der Waals surface area contributed by atoms with Crippen molar-refractivity contribution in [3.63, 3.8) is 0 Å². The maximum absolute atomic E-state index is 12.1. The molecule has 0 aliphatic heterocycles. The van der Waals surface area contributed by atoms with Gasteiger partial charge in [0.25, 0.3) is 0 Å². The SMILES string of the molecule is CC(C)C(C)(C)CNC(=O)C(C#N)Cc1ccccc1. The van der Waals surface area contributed by atoms with Crippen molar-refractivity contribution in [3.8, 4) is 6.07 Å². The molecule has 108 valence electrons. The number of benzene rings is 1. The number of carbonyl (C=O) groups excluding carboxylic acids is 1. The molecule has 0 heterocycles. The fourth-order valence-electron chi connectivity index (χ4n) is 1.69. The highest BCUT2D eigenvalue weighted by atomic mass is 16.1. The third-order valence-electron chi connectivity index (χ3n) is 4.04. The van der Waals surface area contributed by atoms with E-state index >= 15 is 0 Å².